The van der Waals surface area contributed by atoms with Gasteiger partial charge in [-0.25, -0.2) is 4.98 Å². The first-order chi connectivity index (χ1) is 8.69. The van der Waals surface area contributed by atoms with E-state index in [1.54, 1.807) is 6.20 Å². The molecule has 1 aromatic heterocycles. The van der Waals surface area contributed by atoms with Gasteiger partial charge in [-0.1, -0.05) is 0 Å². The van der Waals surface area contributed by atoms with E-state index in [1.807, 2.05) is 19.1 Å². The zero-order valence-electron chi connectivity index (χ0n) is 10.5. The van der Waals surface area contributed by atoms with Gasteiger partial charge in [0.05, 0.1) is 12.7 Å². The molecule has 0 spiro atoms. The molecule has 18 heavy (non-hydrogen) atoms. The molecule has 1 aromatic rings. The van der Waals surface area contributed by atoms with E-state index in [9.17, 15) is 0 Å². The first kappa shape index (κ1) is 13.0. The minimum absolute atomic E-state index is 0.0416. The molecule has 0 saturated carbocycles. The summed E-state index contributed by atoms with van der Waals surface area (Å²) in [4.78, 5) is 6.27. The van der Waals surface area contributed by atoms with Gasteiger partial charge in [-0.05, 0) is 24.6 Å². The number of aromatic nitrogens is 1. The molecule has 2 atom stereocenters. The van der Waals surface area contributed by atoms with Crippen molar-refractivity contribution in [3.05, 3.63) is 29.6 Å². The summed E-state index contributed by atoms with van der Waals surface area (Å²) in [5.74, 6) is 0. The second kappa shape index (κ2) is 5.91. The van der Waals surface area contributed by atoms with E-state index in [2.05, 4.69) is 16.0 Å². The molecule has 1 saturated heterocycles. The second-order valence-electron chi connectivity index (χ2n) is 4.66. The van der Waals surface area contributed by atoms with Crippen molar-refractivity contribution in [3.8, 4) is 6.07 Å². The molecule has 2 heterocycles. The van der Waals surface area contributed by atoms with Gasteiger partial charge >= 0.3 is 0 Å². The topological polar surface area (TPSA) is 75.2 Å². The Morgan fingerprint density at radius 2 is 2.56 bits per heavy atom. The average molecular weight is 246 g/mol. The molecule has 1 aliphatic rings. The van der Waals surface area contributed by atoms with Crippen LogP contribution < -0.4 is 5.73 Å². The van der Waals surface area contributed by atoms with E-state index in [-0.39, 0.29) is 12.1 Å². The lowest BCUT2D eigenvalue weighted by molar-refractivity contribution is -0.0403. The van der Waals surface area contributed by atoms with Crippen molar-refractivity contribution in [3.63, 3.8) is 0 Å². The fourth-order valence-electron chi connectivity index (χ4n) is 2.09. The van der Waals surface area contributed by atoms with Crippen LogP contribution in [-0.4, -0.2) is 41.7 Å². The van der Waals surface area contributed by atoms with Crippen LogP contribution in [0, 0.1) is 11.3 Å². The monoisotopic (exact) mass is 246 g/mol. The smallest absolute Gasteiger partial charge is 0.140 e. The lowest BCUT2D eigenvalue weighted by atomic mass is 10.1. The molecule has 96 valence electrons. The van der Waals surface area contributed by atoms with Crippen molar-refractivity contribution < 1.29 is 4.74 Å². The predicted molar refractivity (Wildman–Crippen MR) is 67.6 cm³/mol. The number of hydrogen-bond donors (Lipinski definition) is 1. The molecule has 2 N–H and O–H groups in total. The molecule has 0 aliphatic carbocycles. The van der Waals surface area contributed by atoms with Crippen molar-refractivity contribution >= 4 is 0 Å². The number of pyridine rings is 1. The van der Waals surface area contributed by atoms with Crippen molar-refractivity contribution in [1.29, 1.82) is 5.26 Å². The fraction of sp³-hybridized carbons (Fsp3) is 0.538. The number of morpholine rings is 1. The molecule has 0 radical (unpaired) electrons. The first-order valence-corrected chi connectivity index (χ1v) is 6.13. The standard InChI is InChI=1S/C13H18N4O/c1-10(15)13-9-17(4-5-18-13)8-11-2-3-16-12(6-11)7-14/h2-3,6,10,13H,4-5,8-9,15H2,1H3. The van der Waals surface area contributed by atoms with Crippen LogP contribution in [0.3, 0.4) is 0 Å². The number of nitriles is 1. The van der Waals surface area contributed by atoms with Gasteiger partial charge in [0, 0.05) is 31.9 Å². The lowest BCUT2D eigenvalue weighted by Gasteiger charge is -2.34. The van der Waals surface area contributed by atoms with E-state index in [1.165, 1.54) is 0 Å². The van der Waals surface area contributed by atoms with Crippen LogP contribution in [-0.2, 0) is 11.3 Å². The van der Waals surface area contributed by atoms with E-state index in [4.69, 9.17) is 15.7 Å². The third kappa shape index (κ3) is 3.26. The minimum atomic E-state index is 0.0416. The molecule has 2 rings (SSSR count). The van der Waals surface area contributed by atoms with Crippen LogP contribution in [0.2, 0.25) is 0 Å². The summed E-state index contributed by atoms with van der Waals surface area (Å²) in [6, 6.07) is 5.87. The van der Waals surface area contributed by atoms with Crippen LogP contribution in [0.1, 0.15) is 18.2 Å². The Labute approximate surface area is 107 Å². The molecular weight excluding hydrogens is 228 g/mol. The Balaban J connectivity index is 1.98. The highest BCUT2D eigenvalue weighted by molar-refractivity contribution is 5.25. The van der Waals surface area contributed by atoms with Gasteiger partial charge in [0.1, 0.15) is 11.8 Å². The van der Waals surface area contributed by atoms with Crippen LogP contribution in [0.25, 0.3) is 0 Å². The predicted octanol–water partition coefficient (Wildman–Crippen LogP) is 0.501. The highest BCUT2D eigenvalue weighted by Crippen LogP contribution is 2.12. The Morgan fingerprint density at radius 1 is 1.72 bits per heavy atom. The highest BCUT2D eigenvalue weighted by Gasteiger charge is 2.23. The van der Waals surface area contributed by atoms with Crippen LogP contribution >= 0.6 is 0 Å². The third-order valence-corrected chi connectivity index (χ3v) is 3.11. The van der Waals surface area contributed by atoms with Gasteiger partial charge in [0.25, 0.3) is 0 Å². The van der Waals surface area contributed by atoms with Gasteiger partial charge in [-0.15, -0.1) is 0 Å². The Kier molecular flexibility index (Phi) is 4.26. The normalized spacial score (nSPS) is 22.4. The van der Waals surface area contributed by atoms with Crippen LogP contribution in [0.5, 0.6) is 0 Å². The fourth-order valence-corrected chi connectivity index (χ4v) is 2.09. The van der Waals surface area contributed by atoms with Crippen LogP contribution in [0.15, 0.2) is 18.3 Å². The van der Waals surface area contributed by atoms with Gasteiger partial charge in [-0.3, -0.25) is 4.90 Å². The highest BCUT2D eigenvalue weighted by atomic mass is 16.5. The summed E-state index contributed by atoms with van der Waals surface area (Å²) in [5, 5.41) is 8.82. The van der Waals surface area contributed by atoms with E-state index in [0.717, 1.165) is 25.2 Å². The molecule has 5 heteroatoms. The van der Waals surface area contributed by atoms with Crippen molar-refractivity contribution in [2.45, 2.75) is 25.6 Å². The van der Waals surface area contributed by atoms with Crippen LogP contribution in [0.4, 0.5) is 0 Å². The zero-order valence-corrected chi connectivity index (χ0v) is 10.5. The number of ether oxygens (including phenoxy) is 1. The number of rotatable bonds is 3. The maximum Gasteiger partial charge on any atom is 0.140 e. The molecule has 1 aliphatic heterocycles. The quantitative estimate of drug-likeness (QED) is 0.840. The van der Waals surface area contributed by atoms with E-state index in [0.29, 0.717) is 12.3 Å². The largest absolute Gasteiger partial charge is 0.374 e. The average Bonchev–Trinajstić information content (AvgIpc) is 2.39. The molecule has 0 aromatic carbocycles. The van der Waals surface area contributed by atoms with Gasteiger partial charge in [-0.2, -0.15) is 5.26 Å². The summed E-state index contributed by atoms with van der Waals surface area (Å²) >= 11 is 0. The third-order valence-electron chi connectivity index (χ3n) is 3.11. The summed E-state index contributed by atoms with van der Waals surface area (Å²) in [5.41, 5.74) is 7.43. The Bertz CT molecular complexity index is 441. The Morgan fingerprint density at radius 3 is 3.28 bits per heavy atom. The first-order valence-electron chi connectivity index (χ1n) is 6.13. The van der Waals surface area contributed by atoms with Gasteiger partial charge in [0.2, 0.25) is 0 Å². The maximum atomic E-state index is 8.82. The second-order valence-corrected chi connectivity index (χ2v) is 4.66. The van der Waals surface area contributed by atoms with Crippen molar-refractivity contribution in [1.82, 2.24) is 9.88 Å². The molecule has 1 fully saturated rings. The van der Waals surface area contributed by atoms with Crippen molar-refractivity contribution in [2.24, 2.45) is 5.73 Å². The summed E-state index contributed by atoms with van der Waals surface area (Å²) < 4.78 is 5.62. The number of hydrogen-bond acceptors (Lipinski definition) is 5. The van der Waals surface area contributed by atoms with E-state index < -0.39 is 0 Å². The van der Waals surface area contributed by atoms with Gasteiger partial charge in [0.15, 0.2) is 0 Å². The molecule has 0 amide bonds. The lowest BCUT2D eigenvalue weighted by Crippen LogP contribution is -2.49. The molecule has 5 nitrogen and oxygen atoms in total. The van der Waals surface area contributed by atoms with Crippen molar-refractivity contribution in [2.75, 3.05) is 19.7 Å². The van der Waals surface area contributed by atoms with E-state index >= 15 is 0 Å². The SMILES string of the molecule is CC(N)C1CN(Cc2ccnc(C#N)c2)CCO1. The Hall–Kier alpha value is -1.48. The summed E-state index contributed by atoms with van der Waals surface area (Å²) in [6.07, 6.45) is 1.77. The zero-order chi connectivity index (χ0) is 13.0. The molecule has 0 bridgehead atoms. The minimum Gasteiger partial charge on any atom is -0.374 e. The molecule has 2 unspecified atom stereocenters. The van der Waals surface area contributed by atoms with Gasteiger partial charge < -0.3 is 10.5 Å². The summed E-state index contributed by atoms with van der Waals surface area (Å²) in [7, 11) is 0. The molecular formula is C13H18N4O. The number of nitrogens with two attached hydrogens (primary N) is 1. The number of nitrogens with zero attached hydrogens (tertiary/aromatic N) is 3. The summed E-state index contributed by atoms with van der Waals surface area (Å²) in [6.45, 7) is 5.22. The maximum absolute atomic E-state index is 8.82.